The predicted molar refractivity (Wildman–Crippen MR) is 94.9 cm³/mol. The molecule has 0 aliphatic carbocycles. The van der Waals surface area contributed by atoms with Crippen LogP contribution in [0.15, 0.2) is 30.3 Å². The minimum atomic E-state index is -0.373. The SMILES string of the molecule is CC[C@H](N)C(=O)N(C)C1[C@H](C)CN(Cc2ccccc2)C[C@H]1C. The van der Waals surface area contributed by atoms with Gasteiger partial charge in [0.25, 0.3) is 0 Å². The third-order valence-corrected chi connectivity index (χ3v) is 5.06. The van der Waals surface area contributed by atoms with Crippen LogP contribution in [-0.2, 0) is 11.3 Å². The summed E-state index contributed by atoms with van der Waals surface area (Å²) in [6.07, 6.45) is 0.693. The second-order valence-corrected chi connectivity index (χ2v) is 7.09. The van der Waals surface area contributed by atoms with Crippen LogP contribution in [0.25, 0.3) is 0 Å². The first-order valence-corrected chi connectivity index (χ1v) is 8.72. The largest absolute Gasteiger partial charge is 0.341 e. The summed E-state index contributed by atoms with van der Waals surface area (Å²) in [6.45, 7) is 9.48. The van der Waals surface area contributed by atoms with E-state index >= 15 is 0 Å². The van der Waals surface area contributed by atoms with Gasteiger partial charge in [-0.05, 0) is 23.8 Å². The van der Waals surface area contributed by atoms with Crippen LogP contribution in [-0.4, -0.2) is 47.9 Å². The fraction of sp³-hybridized carbons (Fsp3) is 0.632. The first kappa shape index (κ1) is 18.0. The van der Waals surface area contributed by atoms with Crippen LogP contribution in [0.2, 0.25) is 0 Å². The Balaban J connectivity index is 2.00. The normalized spacial score (nSPS) is 24.4. The molecule has 4 heteroatoms. The number of piperidine rings is 1. The maximum absolute atomic E-state index is 12.4. The van der Waals surface area contributed by atoms with E-state index in [-0.39, 0.29) is 18.0 Å². The van der Waals surface area contributed by atoms with E-state index in [0.29, 0.717) is 18.3 Å². The lowest BCUT2D eigenvalue weighted by Crippen LogP contribution is -2.57. The van der Waals surface area contributed by atoms with Crippen LogP contribution in [0.5, 0.6) is 0 Å². The van der Waals surface area contributed by atoms with E-state index in [9.17, 15) is 4.79 Å². The molecule has 0 unspecified atom stereocenters. The number of hydrogen-bond acceptors (Lipinski definition) is 3. The highest BCUT2D eigenvalue weighted by atomic mass is 16.2. The van der Waals surface area contributed by atoms with Crippen molar-refractivity contribution in [3.05, 3.63) is 35.9 Å². The van der Waals surface area contributed by atoms with E-state index in [4.69, 9.17) is 5.73 Å². The summed E-state index contributed by atoms with van der Waals surface area (Å²) in [6, 6.07) is 10.5. The van der Waals surface area contributed by atoms with Gasteiger partial charge in [0.2, 0.25) is 5.91 Å². The van der Waals surface area contributed by atoms with Crippen LogP contribution in [0, 0.1) is 11.8 Å². The van der Waals surface area contributed by atoms with E-state index in [2.05, 4.69) is 49.1 Å². The molecule has 23 heavy (non-hydrogen) atoms. The second kappa shape index (κ2) is 7.93. The molecular formula is C19H31N3O. The van der Waals surface area contributed by atoms with E-state index < -0.39 is 0 Å². The monoisotopic (exact) mass is 317 g/mol. The number of likely N-dealkylation sites (tertiary alicyclic amines) is 1. The third kappa shape index (κ3) is 4.33. The van der Waals surface area contributed by atoms with Gasteiger partial charge in [-0.3, -0.25) is 9.69 Å². The number of nitrogens with zero attached hydrogens (tertiary/aromatic N) is 2. The zero-order valence-electron chi connectivity index (χ0n) is 14.9. The first-order valence-electron chi connectivity index (χ1n) is 8.72. The smallest absolute Gasteiger partial charge is 0.239 e. The molecule has 2 rings (SSSR count). The molecule has 1 aromatic carbocycles. The number of carbonyl (C=O) groups is 1. The molecule has 0 bridgehead atoms. The Bertz CT molecular complexity index is 493. The van der Waals surface area contributed by atoms with Crippen molar-refractivity contribution in [1.29, 1.82) is 0 Å². The minimum Gasteiger partial charge on any atom is -0.341 e. The summed E-state index contributed by atoms with van der Waals surface area (Å²) in [5.41, 5.74) is 7.29. The van der Waals surface area contributed by atoms with Crippen molar-refractivity contribution in [1.82, 2.24) is 9.80 Å². The second-order valence-electron chi connectivity index (χ2n) is 7.09. The zero-order valence-corrected chi connectivity index (χ0v) is 14.9. The molecule has 1 saturated heterocycles. The topological polar surface area (TPSA) is 49.6 Å². The van der Waals surface area contributed by atoms with E-state index in [1.807, 2.05) is 18.9 Å². The number of amides is 1. The number of likely N-dealkylation sites (N-methyl/N-ethyl adjacent to an activating group) is 1. The summed E-state index contributed by atoms with van der Waals surface area (Å²) < 4.78 is 0. The Kier molecular flexibility index (Phi) is 6.19. The van der Waals surface area contributed by atoms with Gasteiger partial charge in [-0.15, -0.1) is 0 Å². The van der Waals surface area contributed by atoms with Crippen LogP contribution >= 0.6 is 0 Å². The number of hydrogen-bond donors (Lipinski definition) is 1. The Morgan fingerprint density at radius 3 is 2.35 bits per heavy atom. The quantitative estimate of drug-likeness (QED) is 0.907. The van der Waals surface area contributed by atoms with Gasteiger partial charge in [-0.2, -0.15) is 0 Å². The number of nitrogens with two attached hydrogens (primary N) is 1. The zero-order chi connectivity index (χ0) is 17.0. The van der Waals surface area contributed by atoms with Crippen molar-refractivity contribution in [2.75, 3.05) is 20.1 Å². The molecule has 0 spiro atoms. The fourth-order valence-electron chi connectivity index (χ4n) is 3.98. The molecule has 0 radical (unpaired) electrons. The molecule has 2 N–H and O–H groups in total. The van der Waals surface area contributed by atoms with Crippen LogP contribution in [0.1, 0.15) is 32.8 Å². The molecular weight excluding hydrogens is 286 g/mol. The Hall–Kier alpha value is -1.39. The highest BCUT2D eigenvalue weighted by molar-refractivity contribution is 5.81. The fourth-order valence-corrected chi connectivity index (χ4v) is 3.98. The highest BCUT2D eigenvalue weighted by Crippen LogP contribution is 2.27. The van der Waals surface area contributed by atoms with Gasteiger partial charge in [-0.1, -0.05) is 51.1 Å². The molecule has 0 aromatic heterocycles. The molecule has 128 valence electrons. The number of carbonyl (C=O) groups excluding carboxylic acids is 1. The van der Waals surface area contributed by atoms with Crippen molar-refractivity contribution < 1.29 is 4.79 Å². The third-order valence-electron chi connectivity index (χ3n) is 5.06. The summed E-state index contributed by atoms with van der Waals surface area (Å²) in [5, 5.41) is 0. The molecule has 1 fully saturated rings. The molecule has 1 aliphatic heterocycles. The van der Waals surface area contributed by atoms with Gasteiger partial charge in [0, 0.05) is 32.7 Å². The van der Waals surface area contributed by atoms with Crippen LogP contribution < -0.4 is 5.73 Å². The van der Waals surface area contributed by atoms with Crippen LogP contribution in [0.4, 0.5) is 0 Å². The van der Waals surface area contributed by atoms with Gasteiger partial charge < -0.3 is 10.6 Å². The molecule has 4 nitrogen and oxygen atoms in total. The van der Waals surface area contributed by atoms with Crippen molar-refractivity contribution in [3.8, 4) is 0 Å². The van der Waals surface area contributed by atoms with Crippen molar-refractivity contribution in [2.45, 2.75) is 45.8 Å². The molecule has 3 atom stereocenters. The van der Waals surface area contributed by atoms with E-state index in [1.54, 1.807) is 0 Å². The standard InChI is InChI=1S/C19H31N3O/c1-5-17(20)19(23)21(4)18-14(2)11-22(12-15(18)3)13-16-9-7-6-8-10-16/h6-10,14-15,17-18H,5,11-13,20H2,1-4H3/t14-,15-,17+/m1/s1. The number of rotatable bonds is 5. The van der Waals surface area contributed by atoms with Crippen molar-refractivity contribution in [2.24, 2.45) is 17.6 Å². The average Bonchev–Trinajstić information content (AvgIpc) is 2.53. The Morgan fingerprint density at radius 2 is 1.83 bits per heavy atom. The van der Waals surface area contributed by atoms with Crippen LogP contribution in [0.3, 0.4) is 0 Å². The van der Waals surface area contributed by atoms with Gasteiger partial charge in [0.05, 0.1) is 6.04 Å². The lowest BCUT2D eigenvalue weighted by atomic mass is 9.84. The Morgan fingerprint density at radius 1 is 1.26 bits per heavy atom. The van der Waals surface area contributed by atoms with E-state index in [0.717, 1.165) is 19.6 Å². The lowest BCUT2D eigenvalue weighted by Gasteiger charge is -2.46. The minimum absolute atomic E-state index is 0.0766. The first-order chi connectivity index (χ1) is 10.9. The summed E-state index contributed by atoms with van der Waals surface area (Å²) in [7, 11) is 1.92. The summed E-state index contributed by atoms with van der Waals surface area (Å²) in [4.78, 5) is 16.8. The molecule has 1 heterocycles. The van der Waals surface area contributed by atoms with Crippen molar-refractivity contribution >= 4 is 5.91 Å². The maximum atomic E-state index is 12.4. The summed E-state index contributed by atoms with van der Waals surface area (Å²) in [5.74, 6) is 0.966. The van der Waals surface area contributed by atoms with Gasteiger partial charge in [0.15, 0.2) is 0 Å². The Labute approximate surface area is 140 Å². The number of benzene rings is 1. The van der Waals surface area contributed by atoms with E-state index in [1.165, 1.54) is 5.56 Å². The van der Waals surface area contributed by atoms with Gasteiger partial charge in [0.1, 0.15) is 0 Å². The van der Waals surface area contributed by atoms with Gasteiger partial charge >= 0.3 is 0 Å². The predicted octanol–water partition coefficient (Wildman–Crippen LogP) is 2.34. The maximum Gasteiger partial charge on any atom is 0.239 e. The molecule has 1 aliphatic rings. The molecule has 1 aromatic rings. The molecule has 1 amide bonds. The average molecular weight is 317 g/mol. The van der Waals surface area contributed by atoms with Gasteiger partial charge in [-0.25, -0.2) is 0 Å². The highest BCUT2D eigenvalue weighted by Gasteiger charge is 2.37. The molecule has 0 saturated carbocycles. The summed E-state index contributed by atoms with van der Waals surface area (Å²) >= 11 is 0. The lowest BCUT2D eigenvalue weighted by molar-refractivity contribution is -0.137. The van der Waals surface area contributed by atoms with Crippen molar-refractivity contribution in [3.63, 3.8) is 0 Å².